The first kappa shape index (κ1) is 20.5. The number of hydrogen-bond donors (Lipinski definition) is 1. The van der Waals surface area contributed by atoms with Crippen molar-refractivity contribution in [2.75, 3.05) is 11.6 Å². The molecule has 154 valence electrons. The van der Waals surface area contributed by atoms with Crippen LogP contribution in [0.1, 0.15) is 43.2 Å². The van der Waals surface area contributed by atoms with E-state index in [0.29, 0.717) is 17.8 Å². The molecule has 5 nitrogen and oxygen atoms in total. The molecule has 0 bridgehead atoms. The summed E-state index contributed by atoms with van der Waals surface area (Å²) in [6, 6.07) is 11.9. The summed E-state index contributed by atoms with van der Waals surface area (Å²) in [5.41, 5.74) is 4.30. The lowest BCUT2D eigenvalue weighted by molar-refractivity contribution is -0.119. The first-order valence-corrected chi connectivity index (χ1v) is 11.4. The molecular formula is C24H25N3O2S. The van der Waals surface area contributed by atoms with E-state index in [-0.39, 0.29) is 17.6 Å². The fourth-order valence-electron chi connectivity index (χ4n) is 4.26. The van der Waals surface area contributed by atoms with Crippen molar-refractivity contribution in [3.05, 3.63) is 65.0 Å². The first-order valence-electron chi connectivity index (χ1n) is 10.2. The number of anilines is 1. The van der Waals surface area contributed by atoms with Gasteiger partial charge in [-0.2, -0.15) is 0 Å². The summed E-state index contributed by atoms with van der Waals surface area (Å²) >= 11 is 1.67. The van der Waals surface area contributed by atoms with Gasteiger partial charge in [-0.3, -0.25) is 14.6 Å². The van der Waals surface area contributed by atoms with Crippen LogP contribution in [-0.4, -0.2) is 28.6 Å². The maximum atomic E-state index is 13.4. The molecule has 1 unspecified atom stereocenters. The lowest BCUT2D eigenvalue weighted by atomic mass is 9.71. The summed E-state index contributed by atoms with van der Waals surface area (Å²) in [5.74, 6) is -0.445. The largest absolute Gasteiger partial charge is 0.310 e. The predicted octanol–water partition coefficient (Wildman–Crippen LogP) is 4.93. The van der Waals surface area contributed by atoms with Gasteiger partial charge in [0.15, 0.2) is 5.78 Å². The zero-order valence-electron chi connectivity index (χ0n) is 17.4. The van der Waals surface area contributed by atoms with E-state index in [2.05, 4.69) is 10.3 Å². The van der Waals surface area contributed by atoms with Gasteiger partial charge in [-0.05, 0) is 62.3 Å². The van der Waals surface area contributed by atoms with Gasteiger partial charge in [-0.25, -0.2) is 4.98 Å². The Morgan fingerprint density at radius 1 is 1.10 bits per heavy atom. The van der Waals surface area contributed by atoms with Crippen LogP contribution in [0, 0.1) is 12.8 Å². The summed E-state index contributed by atoms with van der Waals surface area (Å²) in [5, 5.41) is 2.93. The molecule has 30 heavy (non-hydrogen) atoms. The smallest absolute Gasteiger partial charge is 0.235 e. The highest BCUT2D eigenvalue weighted by Crippen LogP contribution is 2.43. The predicted molar refractivity (Wildman–Crippen MR) is 121 cm³/mol. The molecule has 2 heterocycles. The van der Waals surface area contributed by atoms with Crippen LogP contribution in [0.3, 0.4) is 0 Å². The number of thioether (sulfide) groups is 1. The van der Waals surface area contributed by atoms with Crippen molar-refractivity contribution in [3.8, 4) is 0 Å². The van der Waals surface area contributed by atoms with Crippen LogP contribution < -0.4 is 5.32 Å². The number of rotatable bonds is 4. The summed E-state index contributed by atoms with van der Waals surface area (Å²) in [6.45, 7) is 3.84. The van der Waals surface area contributed by atoms with E-state index in [9.17, 15) is 9.59 Å². The Labute approximate surface area is 181 Å². The van der Waals surface area contributed by atoms with Crippen molar-refractivity contribution in [3.63, 3.8) is 0 Å². The number of aryl methyl sites for hydroxylation is 1. The molecule has 0 radical (unpaired) electrons. The molecule has 1 aliphatic carbocycles. The summed E-state index contributed by atoms with van der Waals surface area (Å²) in [7, 11) is 0. The maximum Gasteiger partial charge on any atom is 0.235 e. The van der Waals surface area contributed by atoms with Crippen LogP contribution in [0.2, 0.25) is 0 Å². The van der Waals surface area contributed by atoms with Crippen LogP contribution in [0.25, 0.3) is 0 Å². The minimum Gasteiger partial charge on any atom is -0.310 e. The summed E-state index contributed by atoms with van der Waals surface area (Å²) < 4.78 is 0. The third-order valence-corrected chi connectivity index (χ3v) is 6.50. The van der Waals surface area contributed by atoms with Gasteiger partial charge in [-0.1, -0.05) is 18.2 Å². The zero-order chi connectivity index (χ0) is 21.3. The van der Waals surface area contributed by atoms with Crippen LogP contribution in [-0.2, 0) is 9.59 Å². The van der Waals surface area contributed by atoms with Crippen molar-refractivity contribution < 1.29 is 9.59 Å². The fraction of sp³-hybridized carbons (Fsp3) is 0.333. The molecule has 1 aromatic heterocycles. The number of aliphatic imine (C=N–C) groups is 1. The molecule has 2 aromatic rings. The second kappa shape index (κ2) is 8.56. The molecule has 1 N–H and O–H groups in total. The average Bonchev–Trinajstić information content (AvgIpc) is 2.74. The third kappa shape index (κ3) is 3.97. The van der Waals surface area contributed by atoms with Crippen molar-refractivity contribution in [1.82, 2.24) is 4.98 Å². The molecule has 2 aliphatic rings. The Kier molecular flexibility index (Phi) is 5.86. The van der Waals surface area contributed by atoms with Crippen LogP contribution in [0.5, 0.6) is 0 Å². The van der Waals surface area contributed by atoms with Crippen molar-refractivity contribution in [1.29, 1.82) is 0 Å². The third-order valence-electron chi connectivity index (χ3n) is 5.75. The highest BCUT2D eigenvalue weighted by Gasteiger charge is 2.42. The topological polar surface area (TPSA) is 71.4 Å². The molecule has 4 rings (SSSR count). The van der Waals surface area contributed by atoms with Crippen molar-refractivity contribution in [2.24, 2.45) is 10.9 Å². The van der Waals surface area contributed by atoms with Gasteiger partial charge in [0.1, 0.15) is 5.82 Å². The maximum absolute atomic E-state index is 13.4. The number of carbonyl (C=O) groups is 2. The molecule has 1 aliphatic heterocycles. The van der Waals surface area contributed by atoms with E-state index in [1.807, 2.05) is 50.4 Å². The Hall–Kier alpha value is -2.73. The monoisotopic (exact) mass is 419 g/mol. The minimum atomic E-state index is -0.547. The van der Waals surface area contributed by atoms with Crippen LogP contribution >= 0.6 is 11.8 Å². The number of nitrogens with one attached hydrogen (secondary N) is 1. The van der Waals surface area contributed by atoms with E-state index in [1.165, 1.54) is 0 Å². The highest BCUT2D eigenvalue weighted by atomic mass is 32.2. The number of hydrogen-bond acceptors (Lipinski definition) is 5. The van der Waals surface area contributed by atoms with E-state index >= 15 is 0 Å². The molecule has 0 saturated heterocycles. The van der Waals surface area contributed by atoms with E-state index in [0.717, 1.165) is 40.3 Å². The zero-order valence-corrected chi connectivity index (χ0v) is 18.3. The van der Waals surface area contributed by atoms with Gasteiger partial charge >= 0.3 is 0 Å². The van der Waals surface area contributed by atoms with E-state index in [4.69, 9.17) is 4.99 Å². The molecule has 0 fully saturated rings. The summed E-state index contributed by atoms with van der Waals surface area (Å²) in [6.07, 6.45) is 5.87. The Bertz CT molecular complexity index is 1040. The number of Topliss-reactive ketones (excluding diaryl/α,β-unsaturated/α-hetero) is 1. The second-order valence-electron chi connectivity index (χ2n) is 7.83. The van der Waals surface area contributed by atoms with Crippen LogP contribution in [0.4, 0.5) is 5.82 Å². The standard InChI is InChI=1S/C24H25N3O2S/c1-14-7-12-20(25-13-14)27-24(29)21-15(2)26-18-5-4-6-19(28)23(18)22(21)16-8-10-17(30-3)11-9-16/h7-13,21-22H,4-6H2,1-3H3,(H,25,27,29)/t21?,22-/m1/s1. The number of benzene rings is 1. The quantitative estimate of drug-likeness (QED) is 0.713. The molecule has 0 spiro atoms. The van der Waals surface area contributed by atoms with Crippen molar-refractivity contribution in [2.45, 2.75) is 43.9 Å². The number of ketones is 1. The van der Waals surface area contributed by atoms with Gasteiger partial charge < -0.3 is 5.32 Å². The summed E-state index contributed by atoms with van der Waals surface area (Å²) in [4.78, 5) is 36.5. The van der Waals surface area contributed by atoms with Crippen molar-refractivity contribution >= 4 is 35.0 Å². The number of aromatic nitrogens is 1. The second-order valence-corrected chi connectivity index (χ2v) is 8.71. The molecular weight excluding hydrogens is 394 g/mol. The number of amides is 1. The Morgan fingerprint density at radius 2 is 1.87 bits per heavy atom. The van der Waals surface area contributed by atoms with Gasteiger partial charge in [0, 0.05) is 40.4 Å². The number of pyridine rings is 1. The van der Waals surface area contributed by atoms with Gasteiger partial charge in [-0.15, -0.1) is 11.8 Å². The van der Waals surface area contributed by atoms with Crippen LogP contribution in [0.15, 0.2) is 63.8 Å². The lowest BCUT2D eigenvalue weighted by Gasteiger charge is -2.35. The van der Waals surface area contributed by atoms with Gasteiger partial charge in [0.05, 0.1) is 5.92 Å². The normalized spacial score (nSPS) is 21.2. The lowest BCUT2D eigenvalue weighted by Crippen LogP contribution is -2.39. The van der Waals surface area contributed by atoms with Gasteiger partial charge in [0.25, 0.3) is 0 Å². The van der Waals surface area contributed by atoms with E-state index in [1.54, 1.807) is 24.0 Å². The van der Waals surface area contributed by atoms with Gasteiger partial charge in [0.2, 0.25) is 5.91 Å². The SMILES string of the molecule is CSc1ccc([C@H]2C3=C(CCCC3=O)N=C(C)C2C(=O)Nc2ccc(C)cn2)cc1. The fourth-order valence-corrected chi connectivity index (χ4v) is 4.67. The molecule has 2 atom stereocenters. The molecule has 1 aromatic carbocycles. The van der Waals surface area contributed by atoms with E-state index < -0.39 is 5.92 Å². The minimum absolute atomic E-state index is 0.109. The average molecular weight is 420 g/mol. The molecule has 1 amide bonds. The number of nitrogens with zero attached hydrogens (tertiary/aromatic N) is 2. The Morgan fingerprint density at radius 3 is 2.53 bits per heavy atom. The highest BCUT2D eigenvalue weighted by molar-refractivity contribution is 7.98. The molecule has 0 saturated carbocycles. The Balaban J connectivity index is 1.75. The first-order chi connectivity index (χ1) is 14.5. The molecule has 6 heteroatoms. The number of carbonyl (C=O) groups excluding carboxylic acids is 2. The number of allylic oxidation sites excluding steroid dienone is 2.